The maximum Gasteiger partial charge on any atom is 0.251 e. The third kappa shape index (κ3) is 5.84. The van der Waals surface area contributed by atoms with Crippen molar-refractivity contribution in [3.8, 4) is 5.75 Å². The number of hydrogen-bond donors (Lipinski definition) is 1. The van der Waals surface area contributed by atoms with Crippen LogP contribution in [0.4, 0.5) is 0 Å². The number of nitrogens with zero attached hydrogens (tertiary/aromatic N) is 2. The molecule has 0 fully saturated rings. The van der Waals surface area contributed by atoms with E-state index < -0.39 is 0 Å². The summed E-state index contributed by atoms with van der Waals surface area (Å²) in [6.07, 6.45) is 2.64. The van der Waals surface area contributed by atoms with Gasteiger partial charge in [-0.15, -0.1) is 0 Å². The molecule has 0 unspecified atom stereocenters. The predicted molar refractivity (Wildman–Crippen MR) is 138 cm³/mol. The van der Waals surface area contributed by atoms with Gasteiger partial charge in [-0.1, -0.05) is 42.0 Å². The van der Waals surface area contributed by atoms with Crippen LogP contribution in [-0.4, -0.2) is 28.6 Å². The molecule has 0 aliphatic heterocycles. The van der Waals surface area contributed by atoms with Gasteiger partial charge < -0.3 is 14.6 Å². The van der Waals surface area contributed by atoms with Crippen molar-refractivity contribution >= 4 is 16.9 Å². The van der Waals surface area contributed by atoms with Gasteiger partial charge in [-0.2, -0.15) is 0 Å². The molecule has 4 aromatic rings. The monoisotopic (exact) mass is 455 g/mol. The molecule has 0 aliphatic carbocycles. The topological polar surface area (TPSA) is 56.2 Å². The van der Waals surface area contributed by atoms with Crippen LogP contribution < -0.4 is 10.1 Å². The van der Waals surface area contributed by atoms with Gasteiger partial charge >= 0.3 is 0 Å². The molecule has 0 spiro atoms. The van der Waals surface area contributed by atoms with Crippen LogP contribution in [0, 0.1) is 20.8 Å². The van der Waals surface area contributed by atoms with Crippen molar-refractivity contribution in [3.05, 3.63) is 94.8 Å². The molecular formula is C29H33N3O2. The summed E-state index contributed by atoms with van der Waals surface area (Å²) in [4.78, 5) is 17.3. The smallest absolute Gasteiger partial charge is 0.251 e. The summed E-state index contributed by atoms with van der Waals surface area (Å²) in [6, 6.07) is 22.2. The predicted octanol–water partition coefficient (Wildman–Crippen LogP) is 5.79. The first-order valence-corrected chi connectivity index (χ1v) is 12.0. The number of carbonyl (C=O) groups is 1. The van der Waals surface area contributed by atoms with E-state index in [0.29, 0.717) is 25.1 Å². The second kappa shape index (κ2) is 11.0. The second-order valence-corrected chi connectivity index (χ2v) is 8.86. The maximum absolute atomic E-state index is 12.5. The lowest BCUT2D eigenvalue weighted by Crippen LogP contribution is -2.26. The molecule has 1 heterocycles. The van der Waals surface area contributed by atoms with E-state index in [0.717, 1.165) is 47.6 Å². The highest BCUT2D eigenvalue weighted by Gasteiger charge is 2.11. The van der Waals surface area contributed by atoms with E-state index in [-0.39, 0.29) is 5.91 Å². The van der Waals surface area contributed by atoms with Gasteiger partial charge in [0.25, 0.3) is 5.91 Å². The van der Waals surface area contributed by atoms with Crippen LogP contribution in [-0.2, 0) is 13.0 Å². The van der Waals surface area contributed by atoms with Crippen molar-refractivity contribution in [1.29, 1.82) is 0 Å². The average molecular weight is 456 g/mol. The van der Waals surface area contributed by atoms with E-state index in [4.69, 9.17) is 9.72 Å². The number of ether oxygens (including phenoxy) is 1. The van der Waals surface area contributed by atoms with Crippen molar-refractivity contribution in [2.24, 2.45) is 0 Å². The first kappa shape index (κ1) is 23.6. The minimum atomic E-state index is -0.0498. The van der Waals surface area contributed by atoms with Crippen molar-refractivity contribution in [3.63, 3.8) is 0 Å². The van der Waals surface area contributed by atoms with Gasteiger partial charge in [-0.05, 0) is 75.1 Å². The number of unbranched alkanes of at least 4 members (excludes halogenated alkanes) is 1. The fourth-order valence-corrected chi connectivity index (χ4v) is 4.08. The van der Waals surface area contributed by atoms with Crippen LogP contribution >= 0.6 is 0 Å². The number of carbonyl (C=O) groups excluding carboxylic acids is 1. The standard InChI is InChI=1S/C29H33N3O2/c1-21-11-14-24(15-12-21)29(33)30-17-16-28-31-25-8-4-5-9-26(25)32(28)18-6-7-19-34-27-20-22(2)10-13-23(27)3/h4-5,8-15,20H,6-7,16-19H2,1-3H3,(H,30,33). The lowest BCUT2D eigenvalue weighted by molar-refractivity contribution is 0.0954. The van der Waals surface area contributed by atoms with Crippen molar-refractivity contribution in [2.75, 3.05) is 13.2 Å². The minimum Gasteiger partial charge on any atom is -0.493 e. The Hall–Kier alpha value is -3.60. The summed E-state index contributed by atoms with van der Waals surface area (Å²) < 4.78 is 8.31. The van der Waals surface area contributed by atoms with Crippen LogP contribution in [0.15, 0.2) is 66.7 Å². The van der Waals surface area contributed by atoms with E-state index in [1.54, 1.807) is 0 Å². The van der Waals surface area contributed by atoms with Gasteiger partial charge in [-0.3, -0.25) is 4.79 Å². The molecule has 0 bridgehead atoms. The first-order valence-electron chi connectivity index (χ1n) is 12.0. The quantitative estimate of drug-likeness (QED) is 0.308. The van der Waals surface area contributed by atoms with E-state index >= 15 is 0 Å². The third-order valence-electron chi connectivity index (χ3n) is 6.06. The van der Waals surface area contributed by atoms with E-state index in [1.807, 2.05) is 49.4 Å². The van der Waals surface area contributed by atoms with Gasteiger partial charge in [0.1, 0.15) is 11.6 Å². The first-order chi connectivity index (χ1) is 16.5. The SMILES string of the molecule is Cc1ccc(C(=O)NCCc2nc3ccccc3n2CCCCOc2cc(C)ccc2C)cc1. The number of amides is 1. The third-order valence-corrected chi connectivity index (χ3v) is 6.06. The molecule has 0 aliphatic rings. The van der Waals surface area contributed by atoms with Crippen molar-refractivity contribution in [2.45, 2.75) is 46.6 Å². The lowest BCUT2D eigenvalue weighted by atomic mass is 10.1. The number of para-hydroxylation sites is 2. The molecule has 1 aromatic heterocycles. The zero-order valence-electron chi connectivity index (χ0n) is 20.3. The van der Waals surface area contributed by atoms with Gasteiger partial charge in [0.05, 0.1) is 17.6 Å². The Balaban J connectivity index is 1.33. The lowest BCUT2D eigenvalue weighted by Gasteiger charge is -2.12. The number of nitrogens with one attached hydrogen (secondary N) is 1. The highest BCUT2D eigenvalue weighted by atomic mass is 16.5. The summed E-state index contributed by atoms with van der Waals surface area (Å²) >= 11 is 0. The van der Waals surface area contributed by atoms with Gasteiger partial charge in [0, 0.05) is 25.1 Å². The van der Waals surface area contributed by atoms with Crippen LogP contribution in [0.2, 0.25) is 0 Å². The molecule has 1 amide bonds. The molecule has 4 rings (SSSR count). The Morgan fingerprint density at radius 2 is 1.71 bits per heavy atom. The number of benzene rings is 3. The summed E-state index contributed by atoms with van der Waals surface area (Å²) in [7, 11) is 0. The molecular weight excluding hydrogens is 422 g/mol. The maximum atomic E-state index is 12.5. The zero-order chi connectivity index (χ0) is 23.9. The fourth-order valence-electron chi connectivity index (χ4n) is 4.08. The molecule has 0 saturated carbocycles. The van der Waals surface area contributed by atoms with Crippen LogP contribution in [0.5, 0.6) is 5.75 Å². The van der Waals surface area contributed by atoms with Crippen LogP contribution in [0.1, 0.15) is 45.7 Å². The van der Waals surface area contributed by atoms with Crippen LogP contribution in [0.3, 0.4) is 0 Å². The van der Waals surface area contributed by atoms with E-state index in [2.05, 4.69) is 48.0 Å². The largest absolute Gasteiger partial charge is 0.493 e. The Morgan fingerprint density at radius 3 is 2.53 bits per heavy atom. The normalized spacial score (nSPS) is 11.0. The van der Waals surface area contributed by atoms with Crippen molar-refractivity contribution < 1.29 is 9.53 Å². The molecule has 1 N–H and O–H groups in total. The summed E-state index contributed by atoms with van der Waals surface area (Å²) in [5, 5.41) is 3.03. The Labute approximate surface area is 201 Å². The number of aryl methyl sites for hydroxylation is 4. The molecule has 0 saturated heterocycles. The number of hydrogen-bond acceptors (Lipinski definition) is 3. The number of fused-ring (bicyclic) bond motifs is 1. The number of imidazole rings is 1. The number of rotatable bonds is 10. The Bertz CT molecular complexity index is 1260. The Morgan fingerprint density at radius 1 is 0.941 bits per heavy atom. The minimum absolute atomic E-state index is 0.0498. The zero-order valence-corrected chi connectivity index (χ0v) is 20.3. The summed E-state index contributed by atoms with van der Waals surface area (Å²) in [6.45, 7) is 8.29. The molecule has 0 atom stereocenters. The highest BCUT2D eigenvalue weighted by molar-refractivity contribution is 5.94. The fraction of sp³-hybridized carbons (Fsp3) is 0.310. The van der Waals surface area contributed by atoms with Crippen LogP contribution in [0.25, 0.3) is 11.0 Å². The van der Waals surface area contributed by atoms with Gasteiger partial charge in [0.15, 0.2) is 0 Å². The highest BCUT2D eigenvalue weighted by Crippen LogP contribution is 2.20. The van der Waals surface area contributed by atoms with Gasteiger partial charge in [0.2, 0.25) is 0 Å². The summed E-state index contributed by atoms with van der Waals surface area (Å²) in [5.74, 6) is 1.92. The van der Waals surface area contributed by atoms with Crippen molar-refractivity contribution in [1.82, 2.24) is 14.9 Å². The molecule has 176 valence electrons. The van der Waals surface area contributed by atoms with E-state index in [1.165, 1.54) is 11.1 Å². The van der Waals surface area contributed by atoms with Gasteiger partial charge in [-0.25, -0.2) is 4.98 Å². The second-order valence-electron chi connectivity index (χ2n) is 8.86. The molecule has 0 radical (unpaired) electrons. The summed E-state index contributed by atoms with van der Waals surface area (Å²) in [5.41, 5.74) is 6.34. The number of aromatic nitrogens is 2. The molecule has 3 aromatic carbocycles. The molecule has 5 heteroatoms. The van der Waals surface area contributed by atoms with E-state index in [9.17, 15) is 4.79 Å². The Kier molecular flexibility index (Phi) is 7.63. The molecule has 5 nitrogen and oxygen atoms in total. The average Bonchev–Trinajstić information content (AvgIpc) is 3.18. The molecule has 34 heavy (non-hydrogen) atoms.